The molecule has 114 valence electrons. The Morgan fingerprint density at radius 3 is 2.57 bits per heavy atom. The Morgan fingerprint density at radius 2 is 1.90 bits per heavy atom. The molecule has 21 heavy (non-hydrogen) atoms. The molecule has 0 bridgehead atoms. The minimum atomic E-state index is -0.476. The molecule has 2 saturated heterocycles. The first-order valence-electron chi connectivity index (χ1n) is 7.12. The van der Waals surface area contributed by atoms with Crippen molar-refractivity contribution in [3.05, 3.63) is 33.3 Å². The van der Waals surface area contributed by atoms with Gasteiger partial charge >= 0.3 is 0 Å². The molecular formula is C15H17BrClNO3. The summed E-state index contributed by atoms with van der Waals surface area (Å²) >= 11 is 9.51. The molecule has 6 heteroatoms. The highest BCUT2D eigenvalue weighted by molar-refractivity contribution is 9.10. The third-order valence-electron chi connectivity index (χ3n) is 3.99. The summed E-state index contributed by atoms with van der Waals surface area (Å²) in [7, 11) is 0. The van der Waals surface area contributed by atoms with E-state index in [-0.39, 0.29) is 5.91 Å². The zero-order chi connectivity index (χ0) is 14.9. The number of amides is 1. The van der Waals surface area contributed by atoms with E-state index >= 15 is 0 Å². The van der Waals surface area contributed by atoms with Gasteiger partial charge in [-0.1, -0.05) is 27.5 Å². The molecule has 2 heterocycles. The first-order chi connectivity index (χ1) is 10.1. The SMILES string of the molecule is O=C(c1cc(Br)ccc1Cl)N1CCC2(CC1)OCCCO2. The lowest BCUT2D eigenvalue weighted by atomic mass is 10.0. The summed E-state index contributed by atoms with van der Waals surface area (Å²) in [5.74, 6) is -0.511. The maximum absolute atomic E-state index is 12.6. The Hall–Kier alpha value is -0.620. The van der Waals surface area contributed by atoms with Crippen molar-refractivity contribution in [3.63, 3.8) is 0 Å². The number of ether oxygens (including phenoxy) is 2. The van der Waals surface area contributed by atoms with E-state index in [1.165, 1.54) is 0 Å². The summed E-state index contributed by atoms with van der Waals surface area (Å²) in [6, 6.07) is 5.33. The summed E-state index contributed by atoms with van der Waals surface area (Å²) in [4.78, 5) is 14.4. The van der Waals surface area contributed by atoms with Gasteiger partial charge in [0.1, 0.15) is 0 Å². The Labute approximate surface area is 137 Å². The van der Waals surface area contributed by atoms with Gasteiger partial charge in [-0.15, -0.1) is 0 Å². The zero-order valence-corrected chi connectivity index (χ0v) is 14.0. The van der Waals surface area contributed by atoms with Crippen molar-refractivity contribution in [3.8, 4) is 0 Å². The smallest absolute Gasteiger partial charge is 0.255 e. The maximum Gasteiger partial charge on any atom is 0.255 e. The third-order valence-corrected chi connectivity index (χ3v) is 4.81. The van der Waals surface area contributed by atoms with Crippen LogP contribution in [0.2, 0.25) is 5.02 Å². The first-order valence-corrected chi connectivity index (χ1v) is 8.29. The van der Waals surface area contributed by atoms with E-state index in [2.05, 4.69) is 15.9 Å². The van der Waals surface area contributed by atoms with Crippen molar-refractivity contribution in [2.75, 3.05) is 26.3 Å². The Kier molecular flexibility index (Phi) is 4.54. The second kappa shape index (κ2) is 6.24. The monoisotopic (exact) mass is 373 g/mol. The van der Waals surface area contributed by atoms with Gasteiger partial charge in [0.2, 0.25) is 0 Å². The summed E-state index contributed by atoms with van der Waals surface area (Å²) in [5.41, 5.74) is 0.535. The predicted molar refractivity (Wildman–Crippen MR) is 83.5 cm³/mol. The number of halogens is 2. The van der Waals surface area contributed by atoms with Crippen LogP contribution in [0.25, 0.3) is 0 Å². The number of piperidine rings is 1. The van der Waals surface area contributed by atoms with Crippen LogP contribution >= 0.6 is 27.5 Å². The molecule has 1 spiro atoms. The van der Waals surface area contributed by atoms with Gasteiger partial charge in [-0.25, -0.2) is 0 Å². The van der Waals surface area contributed by atoms with Crippen molar-refractivity contribution >= 4 is 33.4 Å². The average molecular weight is 375 g/mol. The van der Waals surface area contributed by atoms with Crippen LogP contribution in [0.3, 0.4) is 0 Å². The van der Waals surface area contributed by atoms with E-state index in [0.29, 0.717) is 36.5 Å². The van der Waals surface area contributed by atoms with Gasteiger partial charge in [0.15, 0.2) is 5.79 Å². The lowest BCUT2D eigenvalue weighted by molar-refractivity contribution is -0.281. The number of carbonyl (C=O) groups is 1. The summed E-state index contributed by atoms with van der Waals surface area (Å²) in [5, 5.41) is 0.480. The van der Waals surface area contributed by atoms with Crippen molar-refractivity contribution < 1.29 is 14.3 Å². The average Bonchev–Trinajstić information content (AvgIpc) is 2.51. The van der Waals surface area contributed by atoms with Crippen LogP contribution in [0, 0.1) is 0 Å². The molecule has 0 N–H and O–H groups in total. The zero-order valence-electron chi connectivity index (χ0n) is 11.6. The second-order valence-electron chi connectivity index (χ2n) is 5.38. The molecule has 3 rings (SSSR count). The predicted octanol–water partition coefficient (Wildman–Crippen LogP) is 3.47. The Bertz CT molecular complexity index is 536. The molecule has 2 aliphatic rings. The molecule has 0 unspecified atom stereocenters. The standard InChI is InChI=1S/C15H17BrClNO3/c16-11-2-3-13(17)12(10-11)14(19)18-6-4-15(5-7-18)20-8-1-9-21-15/h2-3,10H,1,4-9H2. The normalized spacial score (nSPS) is 21.5. The molecule has 0 saturated carbocycles. The maximum atomic E-state index is 12.6. The van der Waals surface area contributed by atoms with Crippen molar-refractivity contribution in [2.45, 2.75) is 25.0 Å². The Morgan fingerprint density at radius 1 is 1.24 bits per heavy atom. The van der Waals surface area contributed by atoms with E-state index in [0.717, 1.165) is 24.1 Å². The molecule has 1 amide bonds. The number of hydrogen-bond acceptors (Lipinski definition) is 3. The number of carbonyl (C=O) groups excluding carboxylic acids is 1. The van der Waals surface area contributed by atoms with E-state index in [1.54, 1.807) is 12.1 Å². The highest BCUT2D eigenvalue weighted by Crippen LogP contribution is 2.32. The van der Waals surface area contributed by atoms with Crippen LogP contribution in [0.5, 0.6) is 0 Å². The lowest BCUT2D eigenvalue weighted by Crippen LogP contribution is -2.51. The van der Waals surface area contributed by atoms with Crippen LogP contribution in [0.4, 0.5) is 0 Å². The summed E-state index contributed by atoms with van der Waals surface area (Å²) < 4.78 is 12.4. The third kappa shape index (κ3) is 3.26. The van der Waals surface area contributed by atoms with Gasteiger partial charge in [-0.2, -0.15) is 0 Å². The molecule has 1 aromatic carbocycles. The van der Waals surface area contributed by atoms with Crippen molar-refractivity contribution in [2.24, 2.45) is 0 Å². The molecule has 0 atom stereocenters. The molecule has 0 aromatic heterocycles. The molecule has 2 aliphatic heterocycles. The van der Waals surface area contributed by atoms with Crippen LogP contribution in [-0.4, -0.2) is 42.9 Å². The molecule has 0 aliphatic carbocycles. The van der Waals surface area contributed by atoms with Gasteiger partial charge in [0.25, 0.3) is 5.91 Å². The van der Waals surface area contributed by atoms with Crippen molar-refractivity contribution in [1.29, 1.82) is 0 Å². The fourth-order valence-electron chi connectivity index (χ4n) is 2.79. The number of likely N-dealkylation sites (tertiary alicyclic amines) is 1. The van der Waals surface area contributed by atoms with Crippen molar-refractivity contribution in [1.82, 2.24) is 4.90 Å². The minimum absolute atomic E-state index is 0.0352. The van der Waals surface area contributed by atoms with Crippen LogP contribution in [0.1, 0.15) is 29.6 Å². The van der Waals surface area contributed by atoms with E-state index in [1.807, 2.05) is 11.0 Å². The fourth-order valence-corrected chi connectivity index (χ4v) is 3.35. The number of nitrogens with zero attached hydrogens (tertiary/aromatic N) is 1. The van der Waals surface area contributed by atoms with Gasteiger partial charge in [0.05, 0.1) is 23.8 Å². The molecule has 0 radical (unpaired) electrons. The summed E-state index contributed by atoms with van der Waals surface area (Å²) in [6.45, 7) is 2.74. The van der Waals surface area contributed by atoms with Crippen LogP contribution < -0.4 is 0 Å². The van der Waals surface area contributed by atoms with Crippen LogP contribution in [0.15, 0.2) is 22.7 Å². The van der Waals surface area contributed by atoms with Gasteiger partial charge in [0, 0.05) is 30.4 Å². The summed E-state index contributed by atoms with van der Waals surface area (Å²) in [6.07, 6.45) is 2.37. The van der Waals surface area contributed by atoms with E-state index < -0.39 is 5.79 Å². The lowest BCUT2D eigenvalue weighted by Gasteiger charge is -2.43. The minimum Gasteiger partial charge on any atom is -0.350 e. The van der Waals surface area contributed by atoms with Gasteiger partial charge in [-0.05, 0) is 24.6 Å². The number of benzene rings is 1. The van der Waals surface area contributed by atoms with Crippen LogP contribution in [-0.2, 0) is 9.47 Å². The number of rotatable bonds is 1. The first kappa shape index (κ1) is 15.3. The fraction of sp³-hybridized carbons (Fsp3) is 0.533. The highest BCUT2D eigenvalue weighted by atomic mass is 79.9. The molecule has 2 fully saturated rings. The molecule has 4 nitrogen and oxygen atoms in total. The topological polar surface area (TPSA) is 38.8 Å². The Balaban J connectivity index is 1.69. The van der Waals surface area contributed by atoms with E-state index in [9.17, 15) is 4.79 Å². The largest absolute Gasteiger partial charge is 0.350 e. The number of hydrogen-bond donors (Lipinski definition) is 0. The molecular weight excluding hydrogens is 358 g/mol. The highest BCUT2D eigenvalue weighted by Gasteiger charge is 2.39. The van der Waals surface area contributed by atoms with Gasteiger partial charge in [-0.3, -0.25) is 4.79 Å². The molecule has 1 aromatic rings. The van der Waals surface area contributed by atoms with Gasteiger partial charge < -0.3 is 14.4 Å². The van der Waals surface area contributed by atoms with E-state index in [4.69, 9.17) is 21.1 Å². The quantitative estimate of drug-likeness (QED) is 0.755. The second-order valence-corrected chi connectivity index (χ2v) is 6.70.